The summed E-state index contributed by atoms with van der Waals surface area (Å²) in [5.74, 6) is 0.804. The number of urea groups is 1. The minimum absolute atomic E-state index is 0.192. The number of methoxy groups -OCH3 is 1. The Kier molecular flexibility index (Phi) is 5.02. The summed E-state index contributed by atoms with van der Waals surface area (Å²) in [6, 6.07) is 17.5. The third-order valence-electron chi connectivity index (χ3n) is 5.30. The zero-order valence-electron chi connectivity index (χ0n) is 15.9. The number of aromatic nitrogens is 2. The Bertz CT molecular complexity index is 931. The molecular weight excluding hydrogens is 352 g/mol. The van der Waals surface area contributed by atoms with Crippen LogP contribution in [0.2, 0.25) is 0 Å². The molecule has 0 bridgehead atoms. The lowest BCUT2D eigenvalue weighted by Gasteiger charge is -2.43. The summed E-state index contributed by atoms with van der Waals surface area (Å²) >= 11 is 0. The van der Waals surface area contributed by atoms with Gasteiger partial charge >= 0.3 is 6.03 Å². The van der Waals surface area contributed by atoms with Crippen molar-refractivity contribution in [2.24, 2.45) is 0 Å². The number of carbonyl (C=O) groups excluding carboxylic acids is 1. The van der Waals surface area contributed by atoms with E-state index in [1.54, 1.807) is 13.3 Å². The average molecular weight is 376 g/mol. The van der Waals surface area contributed by atoms with Crippen LogP contribution >= 0.6 is 0 Å². The number of anilines is 1. The van der Waals surface area contributed by atoms with E-state index in [2.05, 4.69) is 15.7 Å². The van der Waals surface area contributed by atoms with Gasteiger partial charge in [0.15, 0.2) is 0 Å². The van der Waals surface area contributed by atoms with E-state index in [1.165, 1.54) is 0 Å². The summed E-state index contributed by atoms with van der Waals surface area (Å²) in [6.07, 6.45) is 6.64. The average Bonchev–Trinajstić information content (AvgIpc) is 3.19. The SMILES string of the molecule is COc1cccc(C2(NC(=O)Nc3ccc(Cn4cccn4)cc3)CCC2)c1. The first-order valence-electron chi connectivity index (χ1n) is 9.47. The lowest BCUT2D eigenvalue weighted by atomic mass is 9.72. The van der Waals surface area contributed by atoms with E-state index in [0.29, 0.717) is 6.54 Å². The van der Waals surface area contributed by atoms with Crippen LogP contribution in [0.1, 0.15) is 30.4 Å². The van der Waals surface area contributed by atoms with E-state index in [0.717, 1.165) is 41.8 Å². The summed E-state index contributed by atoms with van der Waals surface area (Å²) in [4.78, 5) is 12.6. The quantitative estimate of drug-likeness (QED) is 0.679. The second-order valence-corrected chi connectivity index (χ2v) is 7.15. The van der Waals surface area contributed by atoms with E-state index >= 15 is 0 Å². The smallest absolute Gasteiger partial charge is 0.319 e. The molecular formula is C22H24N4O2. The molecule has 6 nitrogen and oxygen atoms in total. The molecule has 1 saturated carbocycles. The lowest BCUT2D eigenvalue weighted by molar-refractivity contribution is 0.184. The first kappa shape index (κ1) is 18.1. The van der Waals surface area contributed by atoms with Crippen molar-refractivity contribution in [3.8, 4) is 5.75 Å². The fourth-order valence-corrected chi connectivity index (χ4v) is 3.59. The second kappa shape index (κ2) is 7.76. The molecule has 2 amide bonds. The Labute approximate surface area is 164 Å². The van der Waals surface area contributed by atoms with Crippen LogP contribution in [0.4, 0.5) is 10.5 Å². The van der Waals surface area contributed by atoms with E-state index < -0.39 is 0 Å². The van der Waals surface area contributed by atoms with Crippen molar-refractivity contribution in [2.45, 2.75) is 31.3 Å². The molecule has 0 aliphatic heterocycles. The largest absolute Gasteiger partial charge is 0.497 e. The Morgan fingerprint density at radius 1 is 1.18 bits per heavy atom. The van der Waals surface area contributed by atoms with Gasteiger partial charge in [0.2, 0.25) is 0 Å². The molecule has 28 heavy (non-hydrogen) atoms. The number of ether oxygens (including phenoxy) is 1. The molecule has 4 rings (SSSR count). The third-order valence-corrected chi connectivity index (χ3v) is 5.30. The summed E-state index contributed by atoms with van der Waals surface area (Å²) in [6.45, 7) is 0.707. The number of hydrogen-bond donors (Lipinski definition) is 2. The minimum atomic E-state index is -0.321. The fourth-order valence-electron chi connectivity index (χ4n) is 3.59. The van der Waals surface area contributed by atoms with Gasteiger partial charge in [-0.1, -0.05) is 24.3 Å². The van der Waals surface area contributed by atoms with Crippen LogP contribution in [-0.4, -0.2) is 22.9 Å². The highest BCUT2D eigenvalue weighted by Crippen LogP contribution is 2.42. The Hall–Kier alpha value is -3.28. The van der Waals surface area contributed by atoms with E-state index in [1.807, 2.05) is 65.5 Å². The van der Waals surface area contributed by atoms with Gasteiger partial charge in [0.25, 0.3) is 0 Å². The number of nitrogens with zero attached hydrogens (tertiary/aromatic N) is 2. The highest BCUT2D eigenvalue weighted by Gasteiger charge is 2.40. The van der Waals surface area contributed by atoms with Crippen molar-refractivity contribution < 1.29 is 9.53 Å². The molecule has 0 spiro atoms. The normalized spacial score (nSPS) is 14.8. The molecule has 1 heterocycles. The van der Waals surface area contributed by atoms with Crippen LogP contribution in [0.5, 0.6) is 5.75 Å². The van der Waals surface area contributed by atoms with Crippen molar-refractivity contribution in [3.63, 3.8) is 0 Å². The van der Waals surface area contributed by atoms with Crippen molar-refractivity contribution in [3.05, 3.63) is 78.1 Å². The number of benzene rings is 2. The van der Waals surface area contributed by atoms with Gasteiger partial charge in [0.1, 0.15) is 5.75 Å². The molecule has 1 fully saturated rings. The number of amides is 2. The molecule has 1 aliphatic carbocycles. The topological polar surface area (TPSA) is 68.2 Å². The number of hydrogen-bond acceptors (Lipinski definition) is 3. The molecule has 1 aromatic heterocycles. The second-order valence-electron chi connectivity index (χ2n) is 7.15. The summed E-state index contributed by atoms with van der Waals surface area (Å²) in [5.41, 5.74) is 2.66. The number of rotatable bonds is 6. The molecule has 0 radical (unpaired) electrons. The molecule has 3 aromatic rings. The first-order valence-corrected chi connectivity index (χ1v) is 9.47. The van der Waals surface area contributed by atoms with Gasteiger partial charge in [-0.3, -0.25) is 4.68 Å². The van der Waals surface area contributed by atoms with Crippen LogP contribution in [0.3, 0.4) is 0 Å². The van der Waals surface area contributed by atoms with Crippen LogP contribution in [-0.2, 0) is 12.1 Å². The molecule has 0 unspecified atom stereocenters. The van der Waals surface area contributed by atoms with Gasteiger partial charge in [-0.05, 0) is 60.7 Å². The molecule has 0 saturated heterocycles. The first-order chi connectivity index (χ1) is 13.7. The maximum Gasteiger partial charge on any atom is 0.319 e. The lowest BCUT2D eigenvalue weighted by Crippen LogP contribution is -2.52. The van der Waals surface area contributed by atoms with Crippen LogP contribution < -0.4 is 15.4 Å². The Morgan fingerprint density at radius 2 is 2.00 bits per heavy atom. The van der Waals surface area contributed by atoms with Gasteiger partial charge in [0.05, 0.1) is 19.2 Å². The number of carbonyl (C=O) groups is 1. The molecule has 2 aromatic carbocycles. The Balaban J connectivity index is 1.40. The molecule has 1 aliphatic rings. The highest BCUT2D eigenvalue weighted by molar-refractivity contribution is 5.90. The van der Waals surface area contributed by atoms with Gasteiger partial charge in [0, 0.05) is 18.1 Å². The van der Waals surface area contributed by atoms with Crippen molar-refractivity contribution in [1.29, 1.82) is 0 Å². The molecule has 0 atom stereocenters. The fraction of sp³-hybridized carbons (Fsp3) is 0.273. The van der Waals surface area contributed by atoms with Gasteiger partial charge in [-0.25, -0.2) is 4.79 Å². The minimum Gasteiger partial charge on any atom is -0.497 e. The zero-order valence-corrected chi connectivity index (χ0v) is 15.9. The number of nitrogens with one attached hydrogen (secondary N) is 2. The van der Waals surface area contributed by atoms with Gasteiger partial charge in [-0.15, -0.1) is 0 Å². The third kappa shape index (κ3) is 3.86. The van der Waals surface area contributed by atoms with Crippen molar-refractivity contribution in [1.82, 2.24) is 15.1 Å². The summed E-state index contributed by atoms with van der Waals surface area (Å²) in [7, 11) is 1.66. The van der Waals surface area contributed by atoms with Crippen molar-refractivity contribution >= 4 is 11.7 Å². The predicted molar refractivity (Wildman–Crippen MR) is 108 cm³/mol. The maximum absolute atomic E-state index is 12.6. The predicted octanol–water partition coefficient (Wildman–Crippen LogP) is 4.14. The van der Waals surface area contributed by atoms with Gasteiger partial charge in [-0.2, -0.15) is 5.10 Å². The van der Waals surface area contributed by atoms with Crippen molar-refractivity contribution in [2.75, 3.05) is 12.4 Å². The standard InChI is InChI=1S/C22H24N4O2/c1-28-20-6-2-5-18(15-20)22(11-3-12-22)25-21(27)24-19-9-7-17(8-10-19)16-26-14-4-13-23-26/h2,4-10,13-15H,3,11-12,16H2,1H3,(H2,24,25,27). The van der Waals surface area contributed by atoms with E-state index in [4.69, 9.17) is 4.74 Å². The summed E-state index contributed by atoms with van der Waals surface area (Å²) in [5, 5.41) is 10.3. The van der Waals surface area contributed by atoms with E-state index in [-0.39, 0.29) is 11.6 Å². The van der Waals surface area contributed by atoms with E-state index in [9.17, 15) is 4.79 Å². The molecule has 144 valence electrons. The zero-order chi connectivity index (χ0) is 19.4. The van der Waals surface area contributed by atoms with Crippen LogP contribution in [0.25, 0.3) is 0 Å². The molecule has 6 heteroatoms. The highest BCUT2D eigenvalue weighted by atomic mass is 16.5. The van der Waals surface area contributed by atoms with Crippen LogP contribution in [0, 0.1) is 0 Å². The molecule has 2 N–H and O–H groups in total. The Morgan fingerprint density at radius 3 is 2.64 bits per heavy atom. The van der Waals surface area contributed by atoms with Crippen LogP contribution in [0.15, 0.2) is 67.0 Å². The maximum atomic E-state index is 12.6. The summed E-state index contributed by atoms with van der Waals surface area (Å²) < 4.78 is 7.20. The van der Waals surface area contributed by atoms with Gasteiger partial charge < -0.3 is 15.4 Å². The monoisotopic (exact) mass is 376 g/mol.